The highest BCUT2D eigenvalue weighted by Gasteiger charge is 2.30. The van der Waals surface area contributed by atoms with Crippen LogP contribution >= 0.6 is 22.6 Å². The Bertz CT molecular complexity index is 465. The Balaban J connectivity index is 2.90. The molecule has 1 aromatic carbocycles. The second-order valence-electron chi connectivity index (χ2n) is 4.43. The van der Waals surface area contributed by atoms with Gasteiger partial charge >= 0.3 is 0 Å². The largest absolute Gasteiger partial charge is 0.334 e. The van der Waals surface area contributed by atoms with Crippen LogP contribution in [0.5, 0.6) is 0 Å². The third kappa shape index (κ3) is 3.43. The van der Waals surface area contributed by atoms with Crippen molar-refractivity contribution in [1.82, 2.24) is 5.32 Å². The molecule has 1 atom stereocenters. The van der Waals surface area contributed by atoms with Gasteiger partial charge in [-0.3, -0.25) is 4.79 Å². The van der Waals surface area contributed by atoms with E-state index < -0.39 is 5.54 Å². The van der Waals surface area contributed by atoms with Crippen LogP contribution in [-0.2, 0) is 0 Å². The van der Waals surface area contributed by atoms with E-state index in [1.54, 1.807) is 19.1 Å². The van der Waals surface area contributed by atoms with Crippen LogP contribution in [0.25, 0.3) is 0 Å². The average molecular weight is 342 g/mol. The second-order valence-corrected chi connectivity index (χ2v) is 5.68. The molecule has 0 saturated carbocycles. The lowest BCUT2D eigenvalue weighted by Gasteiger charge is -2.27. The Morgan fingerprint density at radius 3 is 2.65 bits per heavy atom. The lowest BCUT2D eigenvalue weighted by molar-refractivity contribution is 0.0908. The summed E-state index contributed by atoms with van der Waals surface area (Å²) in [5.41, 5.74) is -0.253. The molecule has 0 aliphatic rings. The molecule has 17 heavy (non-hydrogen) atoms. The number of benzene rings is 1. The van der Waals surface area contributed by atoms with Gasteiger partial charge in [-0.15, -0.1) is 0 Å². The number of nitrogens with one attached hydrogen (secondary N) is 1. The molecule has 90 valence electrons. The molecule has 1 rings (SSSR count). The molecular weight excluding hydrogens is 327 g/mol. The third-order valence-electron chi connectivity index (χ3n) is 2.85. The minimum Gasteiger partial charge on any atom is -0.334 e. The van der Waals surface area contributed by atoms with E-state index in [1.165, 1.54) is 0 Å². The quantitative estimate of drug-likeness (QED) is 0.859. The van der Waals surface area contributed by atoms with Crippen molar-refractivity contribution in [2.75, 3.05) is 0 Å². The van der Waals surface area contributed by atoms with E-state index >= 15 is 0 Å². The minimum absolute atomic E-state index is 0.0548. The number of rotatable bonds is 3. The van der Waals surface area contributed by atoms with Gasteiger partial charge in [0.2, 0.25) is 0 Å². The maximum Gasteiger partial charge on any atom is 0.252 e. The SMILES string of the molecule is CC(C)[C@@](C)(C#N)NC(=O)c1cccc(I)c1. The number of carbonyl (C=O) groups is 1. The molecule has 0 saturated heterocycles. The van der Waals surface area contributed by atoms with Crippen LogP contribution in [0.1, 0.15) is 31.1 Å². The molecule has 0 radical (unpaired) electrons. The van der Waals surface area contributed by atoms with Crippen LogP contribution in [0.2, 0.25) is 0 Å². The molecule has 1 aromatic rings. The summed E-state index contributed by atoms with van der Waals surface area (Å²) in [5.74, 6) is -0.152. The highest BCUT2D eigenvalue weighted by Crippen LogP contribution is 2.16. The molecule has 0 bridgehead atoms. The molecule has 1 N–H and O–H groups in total. The number of halogens is 1. The van der Waals surface area contributed by atoms with E-state index in [4.69, 9.17) is 5.26 Å². The van der Waals surface area contributed by atoms with Crippen LogP contribution in [0.3, 0.4) is 0 Å². The smallest absolute Gasteiger partial charge is 0.252 e. The molecular formula is C13H15IN2O. The van der Waals surface area contributed by atoms with Crippen molar-refractivity contribution in [3.8, 4) is 6.07 Å². The number of hydrogen-bond acceptors (Lipinski definition) is 2. The van der Waals surface area contributed by atoms with E-state index in [1.807, 2.05) is 26.0 Å². The number of nitriles is 1. The van der Waals surface area contributed by atoms with Gasteiger partial charge in [0.25, 0.3) is 5.91 Å². The van der Waals surface area contributed by atoms with E-state index in [2.05, 4.69) is 34.0 Å². The van der Waals surface area contributed by atoms with Crippen molar-refractivity contribution < 1.29 is 4.79 Å². The summed E-state index contributed by atoms with van der Waals surface area (Å²) in [6, 6.07) is 9.45. The predicted molar refractivity (Wildman–Crippen MR) is 75.5 cm³/mol. The molecule has 0 unspecified atom stereocenters. The Labute approximate surface area is 115 Å². The molecule has 0 aromatic heterocycles. The molecule has 0 aliphatic carbocycles. The van der Waals surface area contributed by atoms with Crippen LogP contribution in [0, 0.1) is 20.8 Å². The van der Waals surface area contributed by atoms with E-state index in [-0.39, 0.29) is 11.8 Å². The summed E-state index contributed by atoms with van der Waals surface area (Å²) >= 11 is 2.15. The van der Waals surface area contributed by atoms with Crippen LogP contribution in [0.4, 0.5) is 0 Å². The van der Waals surface area contributed by atoms with E-state index in [9.17, 15) is 4.79 Å². The van der Waals surface area contributed by atoms with Gasteiger partial charge in [-0.25, -0.2) is 0 Å². The van der Waals surface area contributed by atoms with Crippen molar-refractivity contribution in [3.63, 3.8) is 0 Å². The zero-order chi connectivity index (χ0) is 13.1. The Morgan fingerprint density at radius 2 is 2.18 bits per heavy atom. The maximum absolute atomic E-state index is 12.0. The van der Waals surface area contributed by atoms with Gasteiger partial charge in [-0.1, -0.05) is 19.9 Å². The number of hydrogen-bond donors (Lipinski definition) is 1. The van der Waals surface area contributed by atoms with E-state index in [0.717, 1.165) is 3.57 Å². The number of amides is 1. The predicted octanol–water partition coefficient (Wildman–Crippen LogP) is 2.96. The van der Waals surface area contributed by atoms with Crippen molar-refractivity contribution >= 4 is 28.5 Å². The zero-order valence-electron chi connectivity index (χ0n) is 10.1. The van der Waals surface area contributed by atoms with Crippen molar-refractivity contribution in [3.05, 3.63) is 33.4 Å². The standard InChI is InChI=1S/C13H15IN2O/c1-9(2)13(3,8-15)16-12(17)10-5-4-6-11(14)7-10/h4-7,9H,1-3H3,(H,16,17)/t13-/m1/s1. The van der Waals surface area contributed by atoms with Crippen LogP contribution in [-0.4, -0.2) is 11.4 Å². The van der Waals surface area contributed by atoms with Crippen molar-refractivity contribution in [2.24, 2.45) is 5.92 Å². The van der Waals surface area contributed by atoms with Crippen molar-refractivity contribution in [2.45, 2.75) is 26.3 Å². The zero-order valence-corrected chi connectivity index (χ0v) is 12.3. The summed E-state index contributed by atoms with van der Waals surface area (Å²) in [6.45, 7) is 5.57. The fourth-order valence-electron chi connectivity index (χ4n) is 1.24. The van der Waals surface area contributed by atoms with Gasteiger partial charge in [0.1, 0.15) is 5.54 Å². The fraction of sp³-hybridized carbons (Fsp3) is 0.385. The lowest BCUT2D eigenvalue weighted by Crippen LogP contribution is -2.48. The topological polar surface area (TPSA) is 52.9 Å². The highest BCUT2D eigenvalue weighted by molar-refractivity contribution is 14.1. The van der Waals surface area contributed by atoms with Gasteiger partial charge in [0.05, 0.1) is 6.07 Å². The van der Waals surface area contributed by atoms with E-state index in [0.29, 0.717) is 5.56 Å². The summed E-state index contributed by atoms with van der Waals surface area (Å²) in [6.07, 6.45) is 0. The average Bonchev–Trinajstić information content (AvgIpc) is 2.28. The first-order valence-electron chi connectivity index (χ1n) is 5.38. The molecule has 0 fully saturated rings. The monoisotopic (exact) mass is 342 g/mol. The molecule has 3 nitrogen and oxygen atoms in total. The van der Waals surface area contributed by atoms with Crippen molar-refractivity contribution in [1.29, 1.82) is 5.26 Å². The Kier molecular flexibility index (Phi) is 4.52. The maximum atomic E-state index is 12.0. The normalized spacial score (nSPS) is 13.9. The molecule has 4 heteroatoms. The summed E-state index contributed by atoms with van der Waals surface area (Å²) < 4.78 is 0.999. The van der Waals surface area contributed by atoms with Gasteiger partial charge in [0.15, 0.2) is 0 Å². The van der Waals surface area contributed by atoms with Gasteiger partial charge in [0, 0.05) is 9.13 Å². The van der Waals surface area contributed by atoms with Gasteiger partial charge in [-0.2, -0.15) is 5.26 Å². The fourth-order valence-corrected chi connectivity index (χ4v) is 1.78. The first-order valence-corrected chi connectivity index (χ1v) is 6.46. The Hall–Kier alpha value is -1.09. The van der Waals surface area contributed by atoms with Crippen LogP contribution < -0.4 is 5.32 Å². The molecule has 0 spiro atoms. The summed E-state index contributed by atoms with van der Waals surface area (Å²) in [5, 5.41) is 11.9. The summed E-state index contributed by atoms with van der Waals surface area (Å²) in [7, 11) is 0. The summed E-state index contributed by atoms with van der Waals surface area (Å²) in [4.78, 5) is 12.0. The van der Waals surface area contributed by atoms with Gasteiger partial charge in [-0.05, 0) is 53.6 Å². The van der Waals surface area contributed by atoms with Crippen LogP contribution in [0.15, 0.2) is 24.3 Å². The molecule has 0 aliphatic heterocycles. The third-order valence-corrected chi connectivity index (χ3v) is 3.52. The first-order chi connectivity index (χ1) is 7.89. The van der Waals surface area contributed by atoms with Gasteiger partial charge < -0.3 is 5.32 Å². The number of nitrogens with zero attached hydrogens (tertiary/aromatic N) is 1. The number of carbonyl (C=O) groups excluding carboxylic acids is 1. The highest BCUT2D eigenvalue weighted by atomic mass is 127. The Morgan fingerprint density at radius 1 is 1.53 bits per heavy atom. The lowest BCUT2D eigenvalue weighted by atomic mass is 9.90. The first kappa shape index (κ1) is 14.0. The molecule has 1 amide bonds. The minimum atomic E-state index is -0.835. The second kappa shape index (κ2) is 5.50. The molecule has 0 heterocycles.